The lowest BCUT2D eigenvalue weighted by atomic mass is 9.96. The quantitative estimate of drug-likeness (QED) is 0.502. The number of benzene rings is 1. The molecule has 0 bridgehead atoms. The van der Waals surface area contributed by atoms with Gasteiger partial charge >= 0.3 is 6.09 Å². The van der Waals surface area contributed by atoms with Crippen molar-refractivity contribution in [1.82, 2.24) is 20.4 Å². The largest absolute Gasteiger partial charge is 0.444 e. The molecule has 190 valence electrons. The van der Waals surface area contributed by atoms with Gasteiger partial charge in [0.15, 0.2) is 0 Å². The van der Waals surface area contributed by atoms with Gasteiger partial charge < -0.3 is 20.3 Å². The number of hydrogen-bond acceptors (Lipinski definition) is 6. The van der Waals surface area contributed by atoms with Crippen LogP contribution < -0.4 is 10.6 Å². The zero-order valence-electron chi connectivity index (χ0n) is 20.2. The average molecular weight is 551 g/mol. The summed E-state index contributed by atoms with van der Waals surface area (Å²) in [6, 6.07) is 4.86. The van der Waals surface area contributed by atoms with E-state index in [9.17, 15) is 24.0 Å². The molecule has 0 unspecified atom stereocenters. The minimum atomic E-state index is -0.593. The summed E-state index contributed by atoms with van der Waals surface area (Å²) in [5.41, 5.74) is 0.0134. The fraction of sp³-hybridized carbons (Fsp3) is 0.542. The summed E-state index contributed by atoms with van der Waals surface area (Å²) in [5.74, 6) is -1.13. The molecule has 10 nitrogen and oxygen atoms in total. The summed E-state index contributed by atoms with van der Waals surface area (Å²) < 4.78 is 5.82. The number of piperidine rings is 1. The molecule has 0 saturated carbocycles. The summed E-state index contributed by atoms with van der Waals surface area (Å²) in [6.07, 6.45) is 0.999. The number of amides is 5. The highest BCUT2D eigenvalue weighted by atomic mass is 79.9. The first-order valence-corrected chi connectivity index (χ1v) is 12.4. The monoisotopic (exact) mass is 550 g/mol. The molecule has 1 aromatic rings. The zero-order valence-corrected chi connectivity index (χ0v) is 21.8. The van der Waals surface area contributed by atoms with Crippen molar-refractivity contribution in [2.24, 2.45) is 5.92 Å². The van der Waals surface area contributed by atoms with Crippen LogP contribution in [0.25, 0.3) is 0 Å². The van der Waals surface area contributed by atoms with E-state index >= 15 is 0 Å². The number of carbonyl (C=O) groups is 5. The predicted molar refractivity (Wildman–Crippen MR) is 131 cm³/mol. The summed E-state index contributed by atoms with van der Waals surface area (Å²) in [7, 11) is 0. The molecular formula is C24H31BrN4O6. The van der Waals surface area contributed by atoms with Crippen LogP contribution in [-0.2, 0) is 14.3 Å². The maximum atomic E-state index is 12.8. The van der Waals surface area contributed by atoms with Crippen molar-refractivity contribution in [2.45, 2.75) is 45.6 Å². The van der Waals surface area contributed by atoms with E-state index in [-0.39, 0.29) is 37.2 Å². The summed E-state index contributed by atoms with van der Waals surface area (Å²) >= 11 is 3.30. The molecule has 0 aromatic heterocycles. The van der Waals surface area contributed by atoms with Crippen LogP contribution in [0.2, 0.25) is 0 Å². The standard InChI is InChI=1S/C24H31BrN4O6/c1-24(2,3)35-23(34)26-9-6-19(30)27-13-15-7-10-28(11-8-15)20(31)14-29-21(32)17-5-4-16(25)12-18(17)22(29)33/h4-5,12,15H,6-11,13-14H2,1-3H3,(H,26,34)(H,27,30). The Labute approximate surface area is 212 Å². The number of nitrogens with one attached hydrogen (secondary N) is 2. The highest BCUT2D eigenvalue weighted by molar-refractivity contribution is 9.10. The molecule has 1 fully saturated rings. The van der Waals surface area contributed by atoms with Crippen molar-refractivity contribution in [3.8, 4) is 0 Å². The second-order valence-electron chi connectivity index (χ2n) is 9.69. The first kappa shape index (κ1) is 26.7. The lowest BCUT2D eigenvalue weighted by Gasteiger charge is -2.32. The van der Waals surface area contributed by atoms with Crippen LogP contribution in [-0.4, -0.2) is 77.8 Å². The van der Waals surface area contributed by atoms with Gasteiger partial charge in [0.25, 0.3) is 11.8 Å². The van der Waals surface area contributed by atoms with Gasteiger partial charge in [-0.25, -0.2) is 4.79 Å². The van der Waals surface area contributed by atoms with Gasteiger partial charge in [-0.2, -0.15) is 0 Å². The normalized spacial score (nSPS) is 16.2. The molecule has 11 heteroatoms. The SMILES string of the molecule is CC(C)(C)OC(=O)NCCC(=O)NCC1CCN(C(=O)CN2C(=O)c3ccc(Br)cc3C2=O)CC1. The van der Waals surface area contributed by atoms with Crippen molar-refractivity contribution >= 4 is 45.7 Å². The van der Waals surface area contributed by atoms with Crippen LogP contribution in [0.3, 0.4) is 0 Å². The summed E-state index contributed by atoms with van der Waals surface area (Å²) in [5, 5.41) is 5.42. The molecule has 1 aromatic carbocycles. The summed E-state index contributed by atoms with van der Waals surface area (Å²) in [4.78, 5) is 64.2. The second-order valence-corrected chi connectivity index (χ2v) is 10.6. The van der Waals surface area contributed by atoms with Crippen LogP contribution in [0, 0.1) is 5.92 Å². The minimum Gasteiger partial charge on any atom is -0.444 e. The highest BCUT2D eigenvalue weighted by Crippen LogP contribution is 2.26. The minimum absolute atomic E-state index is 0.146. The van der Waals surface area contributed by atoms with Gasteiger partial charge in [-0.3, -0.25) is 24.1 Å². The molecular weight excluding hydrogens is 520 g/mol. The molecule has 5 amide bonds. The average Bonchev–Trinajstić information content (AvgIpc) is 3.01. The number of hydrogen-bond donors (Lipinski definition) is 2. The van der Waals surface area contributed by atoms with Gasteiger partial charge in [-0.15, -0.1) is 0 Å². The first-order valence-electron chi connectivity index (χ1n) is 11.6. The molecule has 2 N–H and O–H groups in total. The Hall–Kier alpha value is -2.95. The lowest BCUT2D eigenvalue weighted by molar-refractivity contribution is -0.133. The number of alkyl carbamates (subject to hydrolysis) is 1. The number of likely N-dealkylation sites (tertiary alicyclic amines) is 1. The van der Waals surface area contributed by atoms with Crippen molar-refractivity contribution in [3.05, 3.63) is 33.8 Å². The van der Waals surface area contributed by atoms with Gasteiger partial charge in [-0.1, -0.05) is 15.9 Å². The number of ether oxygens (including phenoxy) is 1. The molecule has 3 rings (SSSR count). The number of nitrogens with zero attached hydrogens (tertiary/aromatic N) is 2. The molecule has 1 saturated heterocycles. The fourth-order valence-corrected chi connectivity index (χ4v) is 4.33. The third kappa shape index (κ3) is 7.27. The Balaban J connectivity index is 1.36. The van der Waals surface area contributed by atoms with Gasteiger partial charge in [0.05, 0.1) is 11.1 Å². The Morgan fingerprint density at radius 1 is 1.06 bits per heavy atom. The van der Waals surface area contributed by atoms with E-state index in [1.165, 1.54) is 0 Å². The van der Waals surface area contributed by atoms with E-state index in [4.69, 9.17) is 4.74 Å². The summed E-state index contributed by atoms with van der Waals surface area (Å²) in [6.45, 7) is 6.67. The molecule has 2 aliphatic heterocycles. The fourth-order valence-electron chi connectivity index (χ4n) is 3.97. The van der Waals surface area contributed by atoms with Crippen LogP contribution >= 0.6 is 15.9 Å². The Morgan fingerprint density at radius 3 is 2.37 bits per heavy atom. The Kier molecular flexibility index (Phi) is 8.52. The predicted octanol–water partition coefficient (Wildman–Crippen LogP) is 2.31. The number of rotatable bonds is 7. The van der Waals surface area contributed by atoms with Crippen molar-refractivity contribution in [3.63, 3.8) is 0 Å². The first-order chi connectivity index (χ1) is 16.4. The van der Waals surface area contributed by atoms with E-state index in [2.05, 4.69) is 26.6 Å². The van der Waals surface area contributed by atoms with Gasteiger partial charge in [0, 0.05) is 37.1 Å². The third-order valence-corrected chi connectivity index (χ3v) is 6.29. The van der Waals surface area contributed by atoms with Crippen LogP contribution in [0.4, 0.5) is 4.79 Å². The number of fused-ring (bicyclic) bond motifs is 1. The van der Waals surface area contributed by atoms with E-state index < -0.39 is 23.5 Å². The molecule has 35 heavy (non-hydrogen) atoms. The molecule has 0 atom stereocenters. The lowest BCUT2D eigenvalue weighted by Crippen LogP contribution is -2.46. The Morgan fingerprint density at radius 2 is 1.71 bits per heavy atom. The molecule has 2 aliphatic rings. The van der Waals surface area contributed by atoms with E-state index in [0.717, 1.165) is 4.90 Å². The van der Waals surface area contributed by atoms with Crippen molar-refractivity contribution < 1.29 is 28.7 Å². The molecule has 0 radical (unpaired) electrons. The smallest absolute Gasteiger partial charge is 0.407 e. The maximum Gasteiger partial charge on any atom is 0.407 e. The van der Waals surface area contributed by atoms with Crippen LogP contribution in [0.15, 0.2) is 22.7 Å². The van der Waals surface area contributed by atoms with Crippen LogP contribution in [0.5, 0.6) is 0 Å². The van der Waals surface area contributed by atoms with E-state index in [1.54, 1.807) is 43.9 Å². The topological polar surface area (TPSA) is 125 Å². The van der Waals surface area contributed by atoms with Crippen molar-refractivity contribution in [2.75, 3.05) is 32.7 Å². The van der Waals surface area contributed by atoms with Crippen molar-refractivity contribution in [1.29, 1.82) is 0 Å². The van der Waals surface area contributed by atoms with Gasteiger partial charge in [-0.05, 0) is 57.7 Å². The highest BCUT2D eigenvalue weighted by Gasteiger charge is 2.37. The Bertz CT molecular complexity index is 1010. The van der Waals surface area contributed by atoms with Crippen LogP contribution in [0.1, 0.15) is 60.7 Å². The number of imide groups is 1. The zero-order chi connectivity index (χ0) is 25.8. The third-order valence-electron chi connectivity index (χ3n) is 5.80. The van der Waals surface area contributed by atoms with Gasteiger partial charge in [0.1, 0.15) is 12.1 Å². The van der Waals surface area contributed by atoms with E-state index in [0.29, 0.717) is 48.1 Å². The number of carbonyl (C=O) groups excluding carboxylic acids is 5. The maximum absolute atomic E-state index is 12.8. The van der Waals surface area contributed by atoms with Gasteiger partial charge in [0.2, 0.25) is 11.8 Å². The molecule has 0 aliphatic carbocycles. The van der Waals surface area contributed by atoms with E-state index in [1.807, 2.05) is 0 Å². The number of halogens is 1. The second kappa shape index (κ2) is 11.2. The molecule has 0 spiro atoms. The molecule has 2 heterocycles.